The molecule has 2 bridgehead atoms. The van der Waals surface area contributed by atoms with E-state index in [1.807, 2.05) is 6.92 Å². The second kappa shape index (κ2) is 4.49. The molecule has 4 heteroatoms. The third-order valence-electron chi connectivity index (χ3n) is 5.52. The van der Waals surface area contributed by atoms with Crippen molar-refractivity contribution in [3.8, 4) is 0 Å². The predicted molar refractivity (Wildman–Crippen MR) is 69.4 cm³/mol. The molecular formula is C14H24N2O2. The Kier molecular flexibility index (Phi) is 3.10. The maximum atomic E-state index is 11.1. The number of piperidine rings is 3. The monoisotopic (exact) mass is 252 g/mol. The van der Waals surface area contributed by atoms with Crippen molar-refractivity contribution in [2.75, 3.05) is 26.7 Å². The number of hydrogen-bond donors (Lipinski definition) is 1. The van der Waals surface area contributed by atoms with Crippen LogP contribution in [0.2, 0.25) is 0 Å². The minimum Gasteiger partial charge on any atom is -0.481 e. The number of likely N-dealkylation sites (tertiary alicyclic amines) is 1. The molecule has 4 atom stereocenters. The molecule has 0 aliphatic carbocycles. The number of fused-ring (bicyclic) bond motifs is 2. The molecule has 18 heavy (non-hydrogen) atoms. The van der Waals surface area contributed by atoms with Crippen molar-refractivity contribution in [2.45, 2.75) is 38.3 Å². The summed E-state index contributed by atoms with van der Waals surface area (Å²) in [5.74, 6) is 0.816. The number of carbonyl (C=O) groups is 1. The van der Waals surface area contributed by atoms with Gasteiger partial charge in [0.15, 0.2) is 0 Å². The zero-order valence-electron chi connectivity index (χ0n) is 11.4. The van der Waals surface area contributed by atoms with Gasteiger partial charge in [0.1, 0.15) is 0 Å². The Morgan fingerprint density at radius 3 is 2.67 bits per heavy atom. The molecule has 0 aromatic rings. The summed E-state index contributed by atoms with van der Waals surface area (Å²) in [5, 5.41) is 9.12. The SMILES string of the molecule is CC(CC1C2C(CN1C)C1CCN2CC1)C(=O)O. The lowest BCUT2D eigenvalue weighted by molar-refractivity contribution is -0.141. The van der Waals surface area contributed by atoms with Crippen molar-refractivity contribution in [3.63, 3.8) is 0 Å². The molecule has 0 spiro atoms. The summed E-state index contributed by atoms with van der Waals surface area (Å²) in [6.45, 7) is 5.48. The van der Waals surface area contributed by atoms with Crippen molar-refractivity contribution in [2.24, 2.45) is 17.8 Å². The quantitative estimate of drug-likeness (QED) is 0.817. The Morgan fingerprint density at radius 1 is 1.39 bits per heavy atom. The van der Waals surface area contributed by atoms with Gasteiger partial charge in [-0.3, -0.25) is 9.69 Å². The largest absolute Gasteiger partial charge is 0.481 e. The summed E-state index contributed by atoms with van der Waals surface area (Å²) < 4.78 is 0. The molecule has 4 aliphatic rings. The average molecular weight is 252 g/mol. The van der Waals surface area contributed by atoms with E-state index >= 15 is 0 Å². The first-order valence-electron chi connectivity index (χ1n) is 7.25. The van der Waals surface area contributed by atoms with E-state index in [1.165, 1.54) is 32.5 Å². The first-order valence-corrected chi connectivity index (χ1v) is 7.25. The van der Waals surface area contributed by atoms with Gasteiger partial charge in [0.25, 0.3) is 0 Å². The van der Waals surface area contributed by atoms with Gasteiger partial charge in [0, 0.05) is 18.6 Å². The lowest BCUT2D eigenvalue weighted by atomic mass is 9.73. The second-order valence-corrected chi connectivity index (χ2v) is 6.51. The van der Waals surface area contributed by atoms with Crippen LogP contribution in [-0.4, -0.2) is 59.6 Å². The number of nitrogens with zero attached hydrogens (tertiary/aromatic N) is 2. The molecule has 102 valence electrons. The minimum atomic E-state index is -0.650. The van der Waals surface area contributed by atoms with Crippen molar-refractivity contribution in [1.82, 2.24) is 9.80 Å². The molecule has 4 fully saturated rings. The Balaban J connectivity index is 1.76. The van der Waals surface area contributed by atoms with Crippen molar-refractivity contribution < 1.29 is 9.90 Å². The van der Waals surface area contributed by atoms with Crippen LogP contribution in [0.4, 0.5) is 0 Å². The van der Waals surface area contributed by atoms with Crippen LogP contribution in [0.15, 0.2) is 0 Å². The van der Waals surface area contributed by atoms with Crippen LogP contribution < -0.4 is 0 Å². The van der Waals surface area contributed by atoms with E-state index in [1.54, 1.807) is 0 Å². The van der Waals surface area contributed by atoms with E-state index in [4.69, 9.17) is 5.11 Å². The molecule has 4 aliphatic heterocycles. The van der Waals surface area contributed by atoms with Gasteiger partial charge in [-0.05, 0) is 51.2 Å². The van der Waals surface area contributed by atoms with Crippen LogP contribution in [0.5, 0.6) is 0 Å². The first-order chi connectivity index (χ1) is 8.58. The molecule has 0 radical (unpaired) electrons. The molecule has 4 saturated heterocycles. The van der Waals surface area contributed by atoms with E-state index in [-0.39, 0.29) is 5.92 Å². The number of carboxylic acid groups (broad SMARTS) is 1. The standard InChI is InChI=1S/C14H24N2O2/c1-9(14(17)18)7-12-13-11(8-15(12)2)10-3-5-16(13)6-4-10/h9-13H,3-8H2,1-2H3,(H,17,18). The number of hydrogen-bond acceptors (Lipinski definition) is 3. The van der Waals surface area contributed by atoms with Crippen LogP contribution in [0, 0.1) is 17.8 Å². The van der Waals surface area contributed by atoms with Crippen molar-refractivity contribution in [3.05, 3.63) is 0 Å². The lowest BCUT2D eigenvalue weighted by Gasteiger charge is -2.49. The molecule has 4 rings (SSSR count). The molecule has 4 heterocycles. The van der Waals surface area contributed by atoms with Gasteiger partial charge in [-0.2, -0.15) is 0 Å². The Hall–Kier alpha value is -0.610. The highest BCUT2D eigenvalue weighted by atomic mass is 16.4. The Morgan fingerprint density at radius 2 is 2.06 bits per heavy atom. The summed E-state index contributed by atoms with van der Waals surface area (Å²) in [5.41, 5.74) is 0. The van der Waals surface area contributed by atoms with E-state index in [0.29, 0.717) is 12.1 Å². The van der Waals surface area contributed by atoms with E-state index in [2.05, 4.69) is 16.8 Å². The predicted octanol–water partition coefficient (Wildman–Crippen LogP) is 1.12. The lowest BCUT2D eigenvalue weighted by Crippen LogP contribution is -2.57. The highest BCUT2D eigenvalue weighted by Crippen LogP contribution is 2.44. The zero-order chi connectivity index (χ0) is 12.9. The molecular weight excluding hydrogens is 228 g/mol. The number of aliphatic carboxylic acids is 1. The van der Waals surface area contributed by atoms with E-state index in [9.17, 15) is 4.79 Å². The molecule has 1 N–H and O–H groups in total. The van der Waals surface area contributed by atoms with Crippen LogP contribution in [-0.2, 0) is 4.79 Å². The van der Waals surface area contributed by atoms with Crippen LogP contribution in [0.3, 0.4) is 0 Å². The van der Waals surface area contributed by atoms with Gasteiger partial charge in [0.2, 0.25) is 0 Å². The summed E-state index contributed by atoms with van der Waals surface area (Å²) in [6.07, 6.45) is 3.52. The maximum absolute atomic E-state index is 11.1. The minimum absolute atomic E-state index is 0.224. The fourth-order valence-corrected chi connectivity index (χ4v) is 4.49. The highest BCUT2D eigenvalue weighted by molar-refractivity contribution is 5.69. The van der Waals surface area contributed by atoms with Gasteiger partial charge in [-0.1, -0.05) is 6.92 Å². The third-order valence-corrected chi connectivity index (χ3v) is 5.52. The molecule has 0 amide bonds. The highest BCUT2D eigenvalue weighted by Gasteiger charge is 2.51. The smallest absolute Gasteiger partial charge is 0.306 e. The van der Waals surface area contributed by atoms with Crippen LogP contribution in [0.1, 0.15) is 26.2 Å². The van der Waals surface area contributed by atoms with E-state index in [0.717, 1.165) is 18.3 Å². The van der Waals surface area contributed by atoms with E-state index < -0.39 is 5.97 Å². The molecule has 4 nitrogen and oxygen atoms in total. The molecule has 4 unspecified atom stereocenters. The van der Waals surface area contributed by atoms with Crippen LogP contribution in [0.25, 0.3) is 0 Å². The fraction of sp³-hybridized carbons (Fsp3) is 0.929. The zero-order valence-corrected chi connectivity index (χ0v) is 11.4. The summed E-state index contributed by atoms with van der Waals surface area (Å²) in [6, 6.07) is 1.08. The Labute approximate surface area is 109 Å². The van der Waals surface area contributed by atoms with Gasteiger partial charge >= 0.3 is 5.97 Å². The summed E-state index contributed by atoms with van der Waals surface area (Å²) in [4.78, 5) is 16.1. The third kappa shape index (κ3) is 1.86. The van der Waals surface area contributed by atoms with Crippen LogP contribution >= 0.6 is 0 Å². The maximum Gasteiger partial charge on any atom is 0.306 e. The average Bonchev–Trinajstić information content (AvgIpc) is 2.70. The molecule has 0 saturated carbocycles. The normalized spacial score (nSPS) is 44.9. The molecule has 0 aromatic heterocycles. The van der Waals surface area contributed by atoms with Gasteiger partial charge in [-0.15, -0.1) is 0 Å². The van der Waals surface area contributed by atoms with Crippen molar-refractivity contribution in [1.29, 1.82) is 0 Å². The topological polar surface area (TPSA) is 43.8 Å². The second-order valence-electron chi connectivity index (χ2n) is 6.51. The Bertz CT molecular complexity index is 339. The summed E-state index contributed by atoms with van der Waals surface area (Å²) >= 11 is 0. The van der Waals surface area contributed by atoms with Gasteiger partial charge in [-0.25, -0.2) is 0 Å². The van der Waals surface area contributed by atoms with Gasteiger partial charge < -0.3 is 10.0 Å². The van der Waals surface area contributed by atoms with Crippen molar-refractivity contribution >= 4 is 5.97 Å². The number of rotatable bonds is 3. The first kappa shape index (κ1) is 12.4. The fourth-order valence-electron chi connectivity index (χ4n) is 4.49. The summed E-state index contributed by atoms with van der Waals surface area (Å²) in [7, 11) is 2.18. The number of carboxylic acids is 1. The van der Waals surface area contributed by atoms with Gasteiger partial charge in [0.05, 0.1) is 5.92 Å². The molecule has 0 aromatic carbocycles. The number of likely N-dealkylation sites (N-methyl/N-ethyl adjacent to an activating group) is 1.